The Morgan fingerprint density at radius 3 is 2.31 bits per heavy atom. The number of nitrogens with zero attached hydrogens (tertiary/aromatic N) is 2. The van der Waals surface area contributed by atoms with Gasteiger partial charge in [0.25, 0.3) is 0 Å². The second-order valence-electron chi connectivity index (χ2n) is 5.70. The SMILES string of the molecule is CN(C1CCCN(S(C)(=O)=O)C1)C(C)(C)C. The van der Waals surface area contributed by atoms with Crippen LogP contribution in [0.5, 0.6) is 0 Å². The molecule has 1 aliphatic rings. The third-order valence-corrected chi connectivity index (χ3v) is 4.70. The summed E-state index contributed by atoms with van der Waals surface area (Å²) in [6.07, 6.45) is 3.34. The first-order valence-corrected chi connectivity index (χ1v) is 7.65. The highest BCUT2D eigenvalue weighted by molar-refractivity contribution is 7.88. The zero-order valence-corrected chi connectivity index (χ0v) is 11.8. The van der Waals surface area contributed by atoms with Crippen molar-refractivity contribution in [2.75, 3.05) is 26.4 Å². The molecule has 16 heavy (non-hydrogen) atoms. The van der Waals surface area contributed by atoms with Crippen LogP contribution in [0.15, 0.2) is 0 Å². The number of rotatable bonds is 2. The van der Waals surface area contributed by atoms with E-state index in [1.165, 1.54) is 6.26 Å². The summed E-state index contributed by atoms with van der Waals surface area (Å²) < 4.78 is 24.6. The predicted molar refractivity (Wildman–Crippen MR) is 67.0 cm³/mol. The molecule has 1 heterocycles. The van der Waals surface area contributed by atoms with E-state index < -0.39 is 10.0 Å². The third-order valence-electron chi connectivity index (χ3n) is 3.43. The molecule has 0 spiro atoms. The summed E-state index contributed by atoms with van der Waals surface area (Å²) in [5.41, 5.74) is 0.0885. The van der Waals surface area contributed by atoms with Crippen LogP contribution in [0, 0.1) is 0 Å². The van der Waals surface area contributed by atoms with Gasteiger partial charge in [-0.25, -0.2) is 12.7 Å². The Morgan fingerprint density at radius 1 is 1.31 bits per heavy atom. The van der Waals surface area contributed by atoms with Gasteiger partial charge in [-0.1, -0.05) is 0 Å². The Bertz CT molecular complexity index is 332. The average molecular weight is 248 g/mol. The summed E-state index contributed by atoms with van der Waals surface area (Å²) in [6.45, 7) is 7.78. The number of hydrogen-bond donors (Lipinski definition) is 0. The maximum absolute atomic E-state index is 11.5. The fourth-order valence-electron chi connectivity index (χ4n) is 2.09. The van der Waals surface area contributed by atoms with E-state index in [1.807, 2.05) is 0 Å². The van der Waals surface area contributed by atoms with E-state index >= 15 is 0 Å². The molecule has 0 N–H and O–H groups in total. The Kier molecular flexibility index (Phi) is 4.03. The standard InChI is InChI=1S/C11H24N2O2S/c1-11(2,3)12(4)10-7-6-8-13(9-10)16(5,14)15/h10H,6-9H2,1-5H3. The summed E-state index contributed by atoms with van der Waals surface area (Å²) in [6, 6.07) is 0.337. The largest absolute Gasteiger partial charge is 0.297 e. The maximum Gasteiger partial charge on any atom is 0.211 e. The molecule has 0 saturated carbocycles. The zero-order chi connectivity index (χ0) is 12.6. The number of hydrogen-bond acceptors (Lipinski definition) is 3. The van der Waals surface area contributed by atoms with E-state index in [2.05, 4.69) is 32.7 Å². The molecular weight excluding hydrogens is 224 g/mol. The molecule has 1 unspecified atom stereocenters. The van der Waals surface area contributed by atoms with Crippen molar-refractivity contribution >= 4 is 10.0 Å². The molecule has 1 rings (SSSR count). The topological polar surface area (TPSA) is 40.6 Å². The van der Waals surface area contributed by atoms with Gasteiger partial charge in [-0.3, -0.25) is 4.90 Å². The van der Waals surface area contributed by atoms with E-state index in [4.69, 9.17) is 0 Å². The van der Waals surface area contributed by atoms with Crippen LogP contribution < -0.4 is 0 Å². The summed E-state index contributed by atoms with van der Waals surface area (Å²) in [7, 11) is -0.951. The van der Waals surface area contributed by atoms with Gasteiger partial charge >= 0.3 is 0 Å². The number of likely N-dealkylation sites (N-methyl/N-ethyl adjacent to an activating group) is 1. The van der Waals surface area contributed by atoms with Crippen LogP contribution in [0.1, 0.15) is 33.6 Å². The predicted octanol–water partition coefficient (Wildman–Crippen LogP) is 1.14. The van der Waals surface area contributed by atoms with Crippen LogP contribution in [-0.2, 0) is 10.0 Å². The molecule has 1 fully saturated rings. The van der Waals surface area contributed by atoms with Gasteiger partial charge in [-0.2, -0.15) is 0 Å². The second-order valence-corrected chi connectivity index (χ2v) is 7.68. The van der Waals surface area contributed by atoms with Gasteiger partial charge in [0, 0.05) is 24.7 Å². The van der Waals surface area contributed by atoms with Crippen LogP contribution in [0.3, 0.4) is 0 Å². The first-order chi connectivity index (χ1) is 7.12. The fourth-order valence-corrected chi connectivity index (χ4v) is 2.99. The highest BCUT2D eigenvalue weighted by Crippen LogP contribution is 2.22. The smallest absolute Gasteiger partial charge is 0.211 e. The molecule has 96 valence electrons. The molecule has 0 aromatic rings. The van der Waals surface area contributed by atoms with Crippen molar-refractivity contribution in [3.05, 3.63) is 0 Å². The molecule has 5 heteroatoms. The van der Waals surface area contributed by atoms with Gasteiger partial charge in [0.05, 0.1) is 6.26 Å². The molecule has 0 radical (unpaired) electrons. The van der Waals surface area contributed by atoms with Crippen LogP contribution in [-0.4, -0.2) is 55.6 Å². The highest BCUT2D eigenvalue weighted by atomic mass is 32.2. The van der Waals surface area contributed by atoms with E-state index in [0.29, 0.717) is 19.1 Å². The quantitative estimate of drug-likeness (QED) is 0.736. The van der Waals surface area contributed by atoms with Crippen molar-refractivity contribution in [1.82, 2.24) is 9.21 Å². The minimum Gasteiger partial charge on any atom is -0.297 e. The summed E-state index contributed by atoms with van der Waals surface area (Å²) in [5.74, 6) is 0. The summed E-state index contributed by atoms with van der Waals surface area (Å²) >= 11 is 0. The normalized spacial score (nSPS) is 25.0. The van der Waals surface area contributed by atoms with Gasteiger partial charge in [-0.15, -0.1) is 0 Å². The first-order valence-electron chi connectivity index (χ1n) is 5.80. The number of piperidine rings is 1. The monoisotopic (exact) mass is 248 g/mol. The number of sulfonamides is 1. The van der Waals surface area contributed by atoms with E-state index in [1.54, 1.807) is 4.31 Å². The summed E-state index contributed by atoms with van der Waals surface area (Å²) in [5, 5.41) is 0. The lowest BCUT2D eigenvalue weighted by Gasteiger charge is -2.43. The van der Waals surface area contributed by atoms with Crippen molar-refractivity contribution in [3.63, 3.8) is 0 Å². The molecule has 4 nitrogen and oxygen atoms in total. The van der Waals surface area contributed by atoms with Crippen molar-refractivity contribution in [2.45, 2.75) is 45.2 Å². The molecule has 0 amide bonds. The Labute approximate surface area is 99.7 Å². The van der Waals surface area contributed by atoms with E-state index in [0.717, 1.165) is 12.8 Å². The second kappa shape index (κ2) is 4.63. The molecule has 0 aromatic carbocycles. The molecular formula is C11H24N2O2S. The fraction of sp³-hybridized carbons (Fsp3) is 1.00. The van der Waals surface area contributed by atoms with E-state index in [9.17, 15) is 8.42 Å². The molecule has 0 aromatic heterocycles. The minimum absolute atomic E-state index is 0.0885. The van der Waals surface area contributed by atoms with Crippen molar-refractivity contribution < 1.29 is 8.42 Å². The van der Waals surface area contributed by atoms with Crippen molar-refractivity contribution in [2.24, 2.45) is 0 Å². The van der Waals surface area contributed by atoms with Crippen LogP contribution >= 0.6 is 0 Å². The Balaban J connectivity index is 2.72. The van der Waals surface area contributed by atoms with Crippen molar-refractivity contribution in [3.8, 4) is 0 Å². The third kappa shape index (κ3) is 3.43. The van der Waals surface area contributed by atoms with Gasteiger partial charge in [0.15, 0.2) is 0 Å². The molecule has 1 atom stereocenters. The Morgan fingerprint density at radius 2 is 1.88 bits per heavy atom. The van der Waals surface area contributed by atoms with Crippen molar-refractivity contribution in [1.29, 1.82) is 0 Å². The van der Waals surface area contributed by atoms with Gasteiger partial charge in [-0.05, 0) is 40.7 Å². The average Bonchev–Trinajstić information content (AvgIpc) is 2.14. The first kappa shape index (κ1) is 13.9. The van der Waals surface area contributed by atoms with Gasteiger partial charge in [0.2, 0.25) is 10.0 Å². The zero-order valence-electron chi connectivity index (χ0n) is 11.0. The van der Waals surface area contributed by atoms with Crippen LogP contribution in [0.25, 0.3) is 0 Å². The van der Waals surface area contributed by atoms with Gasteiger partial charge in [0.1, 0.15) is 0 Å². The maximum atomic E-state index is 11.5. The lowest BCUT2D eigenvalue weighted by atomic mass is 9.99. The molecule has 1 aliphatic heterocycles. The Hall–Kier alpha value is -0.130. The highest BCUT2D eigenvalue weighted by Gasteiger charge is 2.32. The molecule has 0 aliphatic carbocycles. The minimum atomic E-state index is -3.03. The van der Waals surface area contributed by atoms with Crippen LogP contribution in [0.2, 0.25) is 0 Å². The lowest BCUT2D eigenvalue weighted by Crippen LogP contribution is -2.53. The molecule has 0 bridgehead atoms. The molecule has 1 saturated heterocycles. The van der Waals surface area contributed by atoms with Crippen LogP contribution in [0.4, 0.5) is 0 Å². The summed E-state index contributed by atoms with van der Waals surface area (Å²) in [4.78, 5) is 2.28. The van der Waals surface area contributed by atoms with E-state index in [-0.39, 0.29) is 5.54 Å². The lowest BCUT2D eigenvalue weighted by molar-refractivity contribution is 0.0794. The van der Waals surface area contributed by atoms with Gasteiger partial charge < -0.3 is 0 Å².